The highest BCUT2D eigenvalue weighted by molar-refractivity contribution is 5.89. The number of urea groups is 1. The fourth-order valence-electron chi connectivity index (χ4n) is 2.53. The largest absolute Gasteiger partial charge is 0.454 e. The normalized spacial score (nSPS) is 12.3. The Balaban J connectivity index is 1.23. The van der Waals surface area contributed by atoms with Gasteiger partial charge < -0.3 is 20.1 Å². The molecule has 0 radical (unpaired) electrons. The van der Waals surface area contributed by atoms with E-state index >= 15 is 0 Å². The third-order valence-corrected chi connectivity index (χ3v) is 3.75. The van der Waals surface area contributed by atoms with Crippen molar-refractivity contribution >= 4 is 17.5 Å². The summed E-state index contributed by atoms with van der Waals surface area (Å²) >= 11 is 0. The minimum Gasteiger partial charge on any atom is -0.454 e. The molecule has 3 heterocycles. The number of benzene rings is 1. The van der Waals surface area contributed by atoms with Crippen LogP contribution in [0.1, 0.15) is 12.0 Å². The molecule has 4 rings (SSSR count). The van der Waals surface area contributed by atoms with Crippen LogP contribution in [0.4, 0.5) is 10.5 Å². The van der Waals surface area contributed by atoms with Crippen LogP contribution in [0.3, 0.4) is 0 Å². The summed E-state index contributed by atoms with van der Waals surface area (Å²) in [5, 5.41) is 9.65. The van der Waals surface area contributed by atoms with E-state index in [1.54, 1.807) is 28.9 Å². The summed E-state index contributed by atoms with van der Waals surface area (Å²) in [6.45, 7) is 0.756. The van der Waals surface area contributed by atoms with E-state index in [1.165, 1.54) is 6.33 Å². The Bertz CT molecular complexity index is 910. The maximum atomic E-state index is 11.9. The average Bonchev–Trinajstić information content (AvgIpc) is 3.26. The van der Waals surface area contributed by atoms with E-state index in [9.17, 15) is 4.79 Å². The van der Waals surface area contributed by atoms with Crippen molar-refractivity contribution in [1.29, 1.82) is 0 Å². The number of anilines is 1. The Labute approximate surface area is 143 Å². The van der Waals surface area contributed by atoms with Gasteiger partial charge >= 0.3 is 6.03 Å². The van der Waals surface area contributed by atoms with Gasteiger partial charge in [0.1, 0.15) is 6.33 Å². The predicted octanol–water partition coefficient (Wildman–Crippen LogP) is 1.61. The SMILES string of the molecule is O=C(NCCCc1cnc2ncnn2c1)Nc1ccc2c(c1)OCO2. The van der Waals surface area contributed by atoms with Gasteiger partial charge in [0.15, 0.2) is 11.5 Å². The Kier molecular flexibility index (Phi) is 4.03. The molecule has 1 aromatic carbocycles. The lowest BCUT2D eigenvalue weighted by molar-refractivity contribution is 0.174. The second-order valence-electron chi connectivity index (χ2n) is 5.52. The standard InChI is InChI=1S/C16H16N6O3/c23-16(21-12-3-4-13-14(6-12)25-10-24-13)17-5-1-2-11-7-18-15-19-9-20-22(15)8-11/h3-4,6-9H,1-2,5,10H2,(H2,17,21,23). The molecule has 0 aliphatic carbocycles. The van der Waals surface area contributed by atoms with Crippen LogP contribution in [0.2, 0.25) is 0 Å². The smallest absolute Gasteiger partial charge is 0.319 e. The van der Waals surface area contributed by atoms with Crippen LogP contribution in [0.5, 0.6) is 11.5 Å². The molecule has 0 fully saturated rings. The highest BCUT2D eigenvalue weighted by Gasteiger charge is 2.13. The second kappa shape index (κ2) is 6.63. The number of hydrogen-bond donors (Lipinski definition) is 2. The molecule has 2 aromatic heterocycles. The lowest BCUT2D eigenvalue weighted by atomic mass is 10.2. The first kappa shape index (κ1) is 15.2. The van der Waals surface area contributed by atoms with Gasteiger partial charge in [-0.1, -0.05) is 0 Å². The number of rotatable bonds is 5. The van der Waals surface area contributed by atoms with Crippen LogP contribution >= 0.6 is 0 Å². The lowest BCUT2D eigenvalue weighted by Crippen LogP contribution is -2.29. The van der Waals surface area contributed by atoms with Crippen molar-refractivity contribution in [2.75, 3.05) is 18.7 Å². The predicted molar refractivity (Wildman–Crippen MR) is 88.7 cm³/mol. The van der Waals surface area contributed by atoms with Gasteiger partial charge in [-0.25, -0.2) is 14.3 Å². The summed E-state index contributed by atoms with van der Waals surface area (Å²) in [6.07, 6.45) is 6.70. The zero-order chi connectivity index (χ0) is 17.1. The molecule has 3 aromatic rings. The van der Waals surface area contributed by atoms with Crippen LogP contribution in [0.15, 0.2) is 36.9 Å². The maximum Gasteiger partial charge on any atom is 0.319 e. The lowest BCUT2D eigenvalue weighted by Gasteiger charge is -2.08. The topological polar surface area (TPSA) is 103 Å². The molecule has 0 spiro atoms. The number of fused-ring (bicyclic) bond motifs is 2. The van der Waals surface area contributed by atoms with Gasteiger partial charge in [-0.2, -0.15) is 10.1 Å². The number of aryl methyl sites for hydroxylation is 1. The number of aromatic nitrogens is 4. The fourth-order valence-corrected chi connectivity index (χ4v) is 2.53. The summed E-state index contributed by atoms with van der Waals surface area (Å²) in [7, 11) is 0. The molecule has 0 atom stereocenters. The highest BCUT2D eigenvalue weighted by atomic mass is 16.7. The zero-order valence-corrected chi connectivity index (χ0v) is 13.3. The van der Waals surface area contributed by atoms with Gasteiger partial charge in [0.2, 0.25) is 6.79 Å². The Hall–Kier alpha value is -3.36. The molecule has 25 heavy (non-hydrogen) atoms. The average molecular weight is 340 g/mol. The number of ether oxygens (including phenoxy) is 2. The third kappa shape index (κ3) is 3.44. The molecule has 2 N–H and O–H groups in total. The number of nitrogens with one attached hydrogen (secondary N) is 2. The maximum absolute atomic E-state index is 11.9. The molecule has 1 aliphatic rings. The first-order valence-corrected chi connectivity index (χ1v) is 7.87. The molecule has 9 heteroatoms. The zero-order valence-electron chi connectivity index (χ0n) is 13.3. The van der Waals surface area contributed by atoms with E-state index in [0.29, 0.717) is 29.5 Å². The first-order chi connectivity index (χ1) is 12.3. The van der Waals surface area contributed by atoms with Gasteiger partial charge in [-0.15, -0.1) is 0 Å². The second-order valence-corrected chi connectivity index (χ2v) is 5.52. The molecule has 0 saturated carbocycles. The molecule has 0 unspecified atom stereocenters. The fraction of sp³-hybridized carbons (Fsp3) is 0.250. The summed E-state index contributed by atoms with van der Waals surface area (Å²) in [5.41, 5.74) is 1.69. The number of carbonyl (C=O) groups excluding carboxylic acids is 1. The van der Waals surface area contributed by atoms with Crippen LogP contribution in [0.25, 0.3) is 5.78 Å². The van der Waals surface area contributed by atoms with Crippen molar-refractivity contribution < 1.29 is 14.3 Å². The quantitative estimate of drug-likeness (QED) is 0.684. The van der Waals surface area contributed by atoms with Gasteiger partial charge in [0.25, 0.3) is 5.78 Å². The van der Waals surface area contributed by atoms with E-state index in [-0.39, 0.29) is 12.8 Å². The molecule has 2 amide bonds. The Morgan fingerprint density at radius 1 is 1.24 bits per heavy atom. The van der Waals surface area contributed by atoms with Gasteiger partial charge in [-0.05, 0) is 30.5 Å². The van der Waals surface area contributed by atoms with Crippen LogP contribution in [-0.4, -0.2) is 39.0 Å². The third-order valence-electron chi connectivity index (χ3n) is 3.75. The van der Waals surface area contributed by atoms with E-state index < -0.39 is 0 Å². The van der Waals surface area contributed by atoms with Crippen molar-refractivity contribution in [2.45, 2.75) is 12.8 Å². The van der Waals surface area contributed by atoms with Gasteiger partial charge in [0, 0.05) is 30.7 Å². The van der Waals surface area contributed by atoms with Crippen LogP contribution < -0.4 is 20.1 Å². The summed E-state index contributed by atoms with van der Waals surface area (Å²) < 4.78 is 12.2. The van der Waals surface area contributed by atoms with E-state index in [2.05, 4.69) is 25.7 Å². The summed E-state index contributed by atoms with van der Waals surface area (Å²) in [5.74, 6) is 1.89. The number of nitrogens with zero attached hydrogens (tertiary/aromatic N) is 4. The molecule has 9 nitrogen and oxygen atoms in total. The monoisotopic (exact) mass is 340 g/mol. The molecular formula is C16H16N6O3. The highest BCUT2D eigenvalue weighted by Crippen LogP contribution is 2.34. The minimum absolute atomic E-state index is 0.209. The number of carbonyl (C=O) groups is 1. The number of hydrogen-bond acceptors (Lipinski definition) is 6. The van der Waals surface area contributed by atoms with Crippen molar-refractivity contribution in [2.24, 2.45) is 0 Å². The van der Waals surface area contributed by atoms with Crippen LogP contribution in [-0.2, 0) is 6.42 Å². The minimum atomic E-state index is -0.260. The summed E-state index contributed by atoms with van der Waals surface area (Å²) in [6, 6.07) is 5.02. The van der Waals surface area contributed by atoms with E-state index in [0.717, 1.165) is 18.4 Å². The van der Waals surface area contributed by atoms with Crippen molar-refractivity contribution in [3.05, 3.63) is 42.5 Å². The van der Waals surface area contributed by atoms with E-state index in [1.807, 2.05) is 6.20 Å². The first-order valence-electron chi connectivity index (χ1n) is 7.87. The van der Waals surface area contributed by atoms with Crippen molar-refractivity contribution in [1.82, 2.24) is 24.9 Å². The molecule has 0 bridgehead atoms. The molecular weight excluding hydrogens is 324 g/mol. The van der Waals surface area contributed by atoms with Crippen molar-refractivity contribution in [3.8, 4) is 11.5 Å². The van der Waals surface area contributed by atoms with E-state index in [4.69, 9.17) is 9.47 Å². The summed E-state index contributed by atoms with van der Waals surface area (Å²) in [4.78, 5) is 20.1. The van der Waals surface area contributed by atoms with Gasteiger partial charge in [-0.3, -0.25) is 0 Å². The number of amides is 2. The van der Waals surface area contributed by atoms with Crippen LogP contribution in [0, 0.1) is 0 Å². The van der Waals surface area contributed by atoms with Gasteiger partial charge in [0.05, 0.1) is 0 Å². The van der Waals surface area contributed by atoms with Crippen molar-refractivity contribution in [3.63, 3.8) is 0 Å². The molecule has 1 aliphatic heterocycles. The Morgan fingerprint density at radius 3 is 3.12 bits per heavy atom. The molecule has 0 saturated heterocycles. The molecule has 128 valence electrons. The Morgan fingerprint density at radius 2 is 2.16 bits per heavy atom.